The molecule has 0 spiro atoms. The number of aromatic nitrogens is 1. The van der Waals surface area contributed by atoms with Gasteiger partial charge in [-0.2, -0.15) is 0 Å². The zero-order valence-electron chi connectivity index (χ0n) is 17.9. The van der Waals surface area contributed by atoms with E-state index in [0.717, 1.165) is 24.4 Å². The molecule has 3 heterocycles. The van der Waals surface area contributed by atoms with E-state index in [2.05, 4.69) is 26.6 Å². The lowest BCUT2D eigenvalue weighted by Crippen LogP contribution is -2.37. The zero-order valence-corrected chi connectivity index (χ0v) is 18.7. The number of amides is 2. The van der Waals surface area contributed by atoms with Crippen molar-refractivity contribution in [2.45, 2.75) is 25.3 Å². The quantitative estimate of drug-likeness (QED) is 0.514. The van der Waals surface area contributed by atoms with Crippen LogP contribution in [0.15, 0.2) is 52.5 Å². The number of likely N-dealkylation sites (tertiary alicyclic amines) is 1. The molecule has 1 saturated heterocycles. The van der Waals surface area contributed by atoms with Crippen molar-refractivity contribution in [1.29, 1.82) is 0 Å². The van der Waals surface area contributed by atoms with Crippen LogP contribution in [0.3, 0.4) is 0 Å². The Morgan fingerprint density at radius 2 is 2.09 bits per heavy atom. The molecule has 0 saturated carbocycles. The molecule has 9 heteroatoms. The van der Waals surface area contributed by atoms with Gasteiger partial charge in [0.25, 0.3) is 5.91 Å². The van der Waals surface area contributed by atoms with Gasteiger partial charge in [0.15, 0.2) is 10.9 Å². The SMILES string of the molecule is COc1cccc(C(CNC(=O)Cc2csc(NC(=O)c3ccco3)n2)N2CCCC2)c1. The Morgan fingerprint density at radius 3 is 2.84 bits per heavy atom. The number of nitrogens with zero attached hydrogens (tertiary/aromatic N) is 2. The van der Waals surface area contributed by atoms with Gasteiger partial charge in [-0.1, -0.05) is 12.1 Å². The minimum atomic E-state index is -0.368. The summed E-state index contributed by atoms with van der Waals surface area (Å²) in [5.41, 5.74) is 1.74. The van der Waals surface area contributed by atoms with Crippen molar-refractivity contribution in [3.8, 4) is 5.75 Å². The molecule has 1 unspecified atom stereocenters. The lowest BCUT2D eigenvalue weighted by atomic mass is 10.0. The van der Waals surface area contributed by atoms with Crippen LogP contribution in [-0.2, 0) is 11.2 Å². The summed E-state index contributed by atoms with van der Waals surface area (Å²) in [6.45, 7) is 2.54. The van der Waals surface area contributed by atoms with Crippen LogP contribution >= 0.6 is 11.3 Å². The van der Waals surface area contributed by atoms with Crippen LogP contribution in [0.25, 0.3) is 0 Å². The molecule has 168 valence electrons. The van der Waals surface area contributed by atoms with Gasteiger partial charge < -0.3 is 14.5 Å². The molecular weight excluding hydrogens is 428 g/mol. The van der Waals surface area contributed by atoms with E-state index in [-0.39, 0.29) is 30.0 Å². The molecule has 8 nitrogen and oxygen atoms in total. The van der Waals surface area contributed by atoms with Crippen molar-refractivity contribution in [3.05, 3.63) is 65.1 Å². The standard InChI is InChI=1S/C23H26N4O4S/c1-30-18-7-4-6-16(12-18)19(27-9-2-3-10-27)14-24-21(28)13-17-15-32-23(25-17)26-22(29)20-8-5-11-31-20/h4-8,11-12,15,19H,2-3,9-10,13-14H2,1H3,(H,24,28)(H,25,26,29). The van der Waals surface area contributed by atoms with Crippen LogP contribution in [0, 0.1) is 0 Å². The van der Waals surface area contributed by atoms with Crippen molar-refractivity contribution in [1.82, 2.24) is 15.2 Å². The van der Waals surface area contributed by atoms with Gasteiger partial charge in [0.1, 0.15) is 5.75 Å². The normalized spacial score (nSPS) is 14.8. The predicted molar refractivity (Wildman–Crippen MR) is 122 cm³/mol. The van der Waals surface area contributed by atoms with Gasteiger partial charge in [-0.25, -0.2) is 4.98 Å². The Labute approximate surface area is 190 Å². The summed E-state index contributed by atoms with van der Waals surface area (Å²) in [7, 11) is 1.66. The molecule has 1 aliphatic rings. The van der Waals surface area contributed by atoms with E-state index < -0.39 is 0 Å². The molecule has 0 bridgehead atoms. The van der Waals surface area contributed by atoms with Gasteiger partial charge in [0.05, 0.1) is 31.5 Å². The minimum absolute atomic E-state index is 0.0927. The molecule has 2 amide bonds. The van der Waals surface area contributed by atoms with Crippen LogP contribution in [-0.4, -0.2) is 48.4 Å². The first-order chi connectivity index (χ1) is 15.6. The maximum atomic E-state index is 12.6. The van der Waals surface area contributed by atoms with E-state index in [4.69, 9.17) is 9.15 Å². The average molecular weight is 455 g/mol. The number of methoxy groups -OCH3 is 1. The van der Waals surface area contributed by atoms with E-state index in [1.807, 2.05) is 18.2 Å². The molecule has 4 rings (SSSR count). The monoisotopic (exact) mass is 454 g/mol. The number of carbonyl (C=O) groups is 2. The highest BCUT2D eigenvalue weighted by Crippen LogP contribution is 2.27. The van der Waals surface area contributed by atoms with Crippen LogP contribution < -0.4 is 15.4 Å². The summed E-state index contributed by atoms with van der Waals surface area (Å²) in [6.07, 6.45) is 3.92. The highest BCUT2D eigenvalue weighted by atomic mass is 32.1. The number of hydrogen-bond acceptors (Lipinski definition) is 7. The van der Waals surface area contributed by atoms with Crippen LogP contribution in [0.1, 0.15) is 40.7 Å². The third-order valence-electron chi connectivity index (χ3n) is 5.41. The number of thiazole rings is 1. The number of carbonyl (C=O) groups excluding carboxylic acids is 2. The summed E-state index contributed by atoms with van der Waals surface area (Å²) >= 11 is 1.28. The van der Waals surface area contributed by atoms with Crippen LogP contribution in [0.2, 0.25) is 0 Å². The molecular formula is C23H26N4O4S. The first kappa shape index (κ1) is 22.0. The summed E-state index contributed by atoms with van der Waals surface area (Å²) in [4.78, 5) is 31.4. The Hall–Kier alpha value is -3.17. The van der Waals surface area contributed by atoms with E-state index in [1.165, 1.54) is 30.4 Å². The fraction of sp³-hybridized carbons (Fsp3) is 0.348. The third-order valence-corrected chi connectivity index (χ3v) is 6.22. The molecule has 2 aromatic heterocycles. The van der Waals surface area contributed by atoms with Crippen molar-refractivity contribution < 1.29 is 18.7 Å². The third kappa shape index (κ3) is 5.54. The number of furan rings is 1. The molecule has 1 fully saturated rings. The summed E-state index contributed by atoms with van der Waals surface area (Å²) in [6, 6.07) is 11.3. The minimum Gasteiger partial charge on any atom is -0.497 e. The van der Waals surface area contributed by atoms with Crippen molar-refractivity contribution in [3.63, 3.8) is 0 Å². The summed E-state index contributed by atoms with van der Waals surface area (Å²) in [5.74, 6) is 0.549. The molecule has 0 aliphatic carbocycles. The molecule has 1 aliphatic heterocycles. The maximum absolute atomic E-state index is 12.6. The zero-order chi connectivity index (χ0) is 22.3. The first-order valence-corrected chi connectivity index (χ1v) is 11.4. The maximum Gasteiger partial charge on any atom is 0.293 e. The van der Waals surface area contributed by atoms with Crippen LogP contribution in [0.5, 0.6) is 5.75 Å². The largest absolute Gasteiger partial charge is 0.497 e. The second-order valence-electron chi connectivity index (χ2n) is 7.59. The number of anilines is 1. The second kappa shape index (κ2) is 10.4. The number of rotatable bonds is 9. The van der Waals surface area contributed by atoms with Gasteiger partial charge in [0, 0.05) is 11.9 Å². The average Bonchev–Trinajstić information content (AvgIpc) is 3.57. The fourth-order valence-electron chi connectivity index (χ4n) is 3.81. The van der Waals surface area contributed by atoms with Crippen molar-refractivity contribution in [2.75, 3.05) is 32.1 Å². The number of ether oxygens (including phenoxy) is 1. The highest BCUT2D eigenvalue weighted by Gasteiger charge is 2.24. The Balaban J connectivity index is 1.34. The van der Waals surface area contributed by atoms with Crippen molar-refractivity contribution >= 4 is 28.3 Å². The van der Waals surface area contributed by atoms with E-state index >= 15 is 0 Å². The molecule has 32 heavy (non-hydrogen) atoms. The van der Waals surface area contributed by atoms with Gasteiger partial charge >= 0.3 is 0 Å². The Kier molecular flexibility index (Phi) is 7.18. The number of nitrogens with one attached hydrogen (secondary N) is 2. The lowest BCUT2D eigenvalue weighted by Gasteiger charge is -2.28. The van der Waals surface area contributed by atoms with Gasteiger partial charge in [-0.05, 0) is 55.8 Å². The summed E-state index contributed by atoms with van der Waals surface area (Å²) < 4.78 is 10.5. The van der Waals surface area contributed by atoms with Gasteiger partial charge in [-0.3, -0.25) is 19.8 Å². The van der Waals surface area contributed by atoms with Crippen molar-refractivity contribution in [2.24, 2.45) is 0 Å². The fourth-order valence-corrected chi connectivity index (χ4v) is 4.51. The molecule has 2 N–H and O–H groups in total. The van der Waals surface area contributed by atoms with Gasteiger partial charge in [0.2, 0.25) is 5.91 Å². The predicted octanol–water partition coefficient (Wildman–Crippen LogP) is 3.49. The summed E-state index contributed by atoms with van der Waals surface area (Å²) in [5, 5.41) is 7.95. The van der Waals surface area contributed by atoms with E-state index in [9.17, 15) is 9.59 Å². The number of hydrogen-bond donors (Lipinski definition) is 2. The Morgan fingerprint density at radius 1 is 1.25 bits per heavy atom. The van der Waals surface area contributed by atoms with E-state index in [0.29, 0.717) is 17.4 Å². The smallest absolute Gasteiger partial charge is 0.293 e. The number of benzene rings is 1. The molecule has 3 aromatic rings. The first-order valence-electron chi connectivity index (χ1n) is 10.6. The van der Waals surface area contributed by atoms with E-state index in [1.54, 1.807) is 24.6 Å². The topological polar surface area (TPSA) is 96.7 Å². The second-order valence-corrected chi connectivity index (χ2v) is 8.45. The van der Waals surface area contributed by atoms with Crippen LogP contribution in [0.4, 0.5) is 5.13 Å². The highest BCUT2D eigenvalue weighted by molar-refractivity contribution is 7.14. The molecule has 0 radical (unpaired) electrons. The molecule has 1 aromatic carbocycles. The lowest BCUT2D eigenvalue weighted by molar-refractivity contribution is -0.120. The van der Waals surface area contributed by atoms with Gasteiger partial charge in [-0.15, -0.1) is 11.3 Å². The Bertz CT molecular complexity index is 1040. The molecule has 1 atom stereocenters.